The minimum absolute atomic E-state index is 0.133. The van der Waals surface area contributed by atoms with Crippen LogP contribution in [-0.2, 0) is 22.8 Å². The zero-order valence-corrected chi connectivity index (χ0v) is 22.4. The van der Waals surface area contributed by atoms with Crippen LogP contribution >= 0.6 is 0 Å². The number of aromatic carboxylic acids is 1. The van der Waals surface area contributed by atoms with Crippen molar-refractivity contribution in [3.63, 3.8) is 0 Å². The van der Waals surface area contributed by atoms with Crippen LogP contribution in [0.15, 0.2) is 45.7 Å². The third-order valence-electron chi connectivity index (χ3n) is 8.38. The Morgan fingerprint density at radius 1 is 1.13 bits per heavy atom. The monoisotopic (exact) mass is 529 g/mol. The Hall–Kier alpha value is -4.05. The van der Waals surface area contributed by atoms with Crippen molar-refractivity contribution < 1.29 is 19.2 Å². The number of nitrogens with one attached hydrogen (secondary N) is 1. The van der Waals surface area contributed by atoms with Gasteiger partial charge in [-0.05, 0) is 70.2 Å². The van der Waals surface area contributed by atoms with E-state index in [1.54, 1.807) is 35.9 Å². The largest absolute Gasteiger partial charge is 0.478 e. The molecule has 1 atom stereocenters. The first-order valence-corrected chi connectivity index (χ1v) is 13.2. The van der Waals surface area contributed by atoms with E-state index >= 15 is 0 Å². The fourth-order valence-electron chi connectivity index (χ4n) is 6.17. The number of carbonyl (C=O) groups is 1. The van der Waals surface area contributed by atoms with Gasteiger partial charge in [0.25, 0.3) is 5.56 Å². The first-order chi connectivity index (χ1) is 18.6. The number of para-hydroxylation sites is 1. The normalized spacial score (nSPS) is 23.2. The summed E-state index contributed by atoms with van der Waals surface area (Å²) in [6.45, 7) is 6.12. The number of fused-ring (bicyclic) bond motifs is 4. The number of benzene rings is 2. The summed E-state index contributed by atoms with van der Waals surface area (Å²) in [4.78, 5) is 35.1. The molecule has 0 spiro atoms. The zero-order valence-electron chi connectivity index (χ0n) is 22.4. The van der Waals surface area contributed by atoms with Crippen LogP contribution < -0.4 is 10.9 Å². The minimum Gasteiger partial charge on any atom is -0.478 e. The molecule has 2 aliphatic heterocycles. The summed E-state index contributed by atoms with van der Waals surface area (Å²) in [7, 11) is 1.76. The maximum Gasteiger partial charge on any atom is 0.337 e. The van der Waals surface area contributed by atoms with Gasteiger partial charge in [-0.3, -0.25) is 9.36 Å². The fraction of sp³-hybridized carbons (Fsp3) is 0.414. The van der Waals surface area contributed by atoms with Gasteiger partial charge in [-0.2, -0.15) is 4.98 Å². The summed E-state index contributed by atoms with van der Waals surface area (Å²) in [5.41, 5.74) is 1.90. The molecule has 3 aliphatic rings. The standard InChI is InChI=1S/C29H31N5O5/c1-16-13-20(17(2)30-22-8-6-5-7-19(22)25(36)37)23-21(14-16)24(35)34(4)26(32-23)29-11-9-28(10-12-29,15-38-29)27-31-18(3)33-39-27/h5-8,13-14,17,30H,9-12,15H2,1-4H3,(H,36,37)/t17-,28?,29?/m1/s1. The summed E-state index contributed by atoms with van der Waals surface area (Å²) in [5, 5.41) is 17.5. The van der Waals surface area contributed by atoms with Gasteiger partial charge in [0, 0.05) is 18.3 Å². The molecule has 1 aliphatic carbocycles. The summed E-state index contributed by atoms with van der Waals surface area (Å²) < 4.78 is 13.7. The highest BCUT2D eigenvalue weighted by Gasteiger charge is 2.55. The summed E-state index contributed by atoms with van der Waals surface area (Å²) in [6, 6.07) is 10.3. The number of aromatic nitrogens is 4. The lowest BCUT2D eigenvalue weighted by molar-refractivity contribution is -0.174. The Morgan fingerprint density at radius 3 is 2.51 bits per heavy atom. The molecule has 4 heterocycles. The number of ether oxygens (including phenoxy) is 1. The van der Waals surface area contributed by atoms with Crippen LogP contribution in [0.2, 0.25) is 0 Å². The van der Waals surface area contributed by atoms with E-state index in [1.807, 2.05) is 32.9 Å². The van der Waals surface area contributed by atoms with Crippen LogP contribution in [0.1, 0.15) is 77.7 Å². The van der Waals surface area contributed by atoms with Gasteiger partial charge in [0.1, 0.15) is 11.4 Å². The molecule has 202 valence electrons. The topological polar surface area (TPSA) is 132 Å². The average Bonchev–Trinajstić information content (AvgIpc) is 3.38. The van der Waals surface area contributed by atoms with E-state index in [0.717, 1.165) is 24.0 Å². The Morgan fingerprint density at radius 2 is 1.87 bits per heavy atom. The molecule has 2 aromatic heterocycles. The van der Waals surface area contributed by atoms with Gasteiger partial charge < -0.3 is 19.7 Å². The zero-order chi connectivity index (χ0) is 27.5. The molecule has 0 unspecified atom stereocenters. The van der Waals surface area contributed by atoms with Crippen molar-refractivity contribution in [3.8, 4) is 0 Å². The number of anilines is 1. The quantitative estimate of drug-likeness (QED) is 0.369. The maximum atomic E-state index is 13.7. The highest BCUT2D eigenvalue weighted by molar-refractivity contribution is 5.94. The third kappa shape index (κ3) is 4.01. The molecule has 2 N–H and O–H groups in total. The van der Waals surface area contributed by atoms with Crippen LogP contribution in [0, 0.1) is 13.8 Å². The van der Waals surface area contributed by atoms with Gasteiger partial charge in [-0.1, -0.05) is 23.4 Å². The molecule has 0 amide bonds. The summed E-state index contributed by atoms with van der Waals surface area (Å²) in [5.74, 6) is 0.828. The molecule has 0 radical (unpaired) electrons. The molecule has 2 aromatic carbocycles. The number of hydrogen-bond acceptors (Lipinski definition) is 8. The van der Waals surface area contributed by atoms with Gasteiger partial charge in [-0.15, -0.1) is 0 Å². The van der Waals surface area contributed by atoms with E-state index in [1.165, 1.54) is 0 Å². The predicted molar refractivity (Wildman–Crippen MR) is 144 cm³/mol. The van der Waals surface area contributed by atoms with Gasteiger partial charge >= 0.3 is 5.97 Å². The molecule has 1 saturated carbocycles. The lowest BCUT2D eigenvalue weighted by Crippen LogP contribution is -2.53. The minimum atomic E-state index is -1.01. The molecule has 7 rings (SSSR count). The maximum absolute atomic E-state index is 13.7. The number of rotatable bonds is 6. The van der Waals surface area contributed by atoms with E-state index in [4.69, 9.17) is 14.2 Å². The summed E-state index contributed by atoms with van der Waals surface area (Å²) in [6.07, 6.45) is 2.96. The smallest absolute Gasteiger partial charge is 0.337 e. The number of nitrogens with zero attached hydrogens (tertiary/aromatic N) is 4. The third-order valence-corrected chi connectivity index (χ3v) is 8.38. The second kappa shape index (κ2) is 9.01. The van der Waals surface area contributed by atoms with Crippen LogP contribution in [-0.4, -0.2) is 37.4 Å². The van der Waals surface area contributed by atoms with E-state index in [-0.39, 0.29) is 22.6 Å². The molecule has 3 fully saturated rings. The van der Waals surface area contributed by atoms with Crippen molar-refractivity contribution in [1.29, 1.82) is 0 Å². The van der Waals surface area contributed by atoms with E-state index in [0.29, 0.717) is 53.6 Å². The second-order valence-electron chi connectivity index (χ2n) is 11.0. The van der Waals surface area contributed by atoms with Crippen molar-refractivity contribution in [1.82, 2.24) is 19.7 Å². The van der Waals surface area contributed by atoms with Gasteiger partial charge in [0.05, 0.1) is 34.5 Å². The van der Waals surface area contributed by atoms with Gasteiger partial charge in [0.15, 0.2) is 5.82 Å². The van der Waals surface area contributed by atoms with Gasteiger partial charge in [-0.25, -0.2) is 9.78 Å². The second-order valence-corrected chi connectivity index (χ2v) is 11.0. The molecular formula is C29H31N5O5. The first kappa shape index (κ1) is 25.2. The first-order valence-electron chi connectivity index (χ1n) is 13.2. The lowest BCUT2D eigenvalue weighted by atomic mass is 9.65. The molecule has 2 bridgehead atoms. The fourth-order valence-corrected chi connectivity index (χ4v) is 6.17. The van der Waals surface area contributed by atoms with E-state index in [9.17, 15) is 14.7 Å². The highest BCUT2D eigenvalue weighted by Crippen LogP contribution is 2.53. The Labute approximate surface area is 225 Å². The number of aryl methyl sites for hydroxylation is 2. The van der Waals surface area contributed by atoms with Crippen LogP contribution in [0.5, 0.6) is 0 Å². The lowest BCUT2D eigenvalue weighted by Gasteiger charge is -2.51. The van der Waals surface area contributed by atoms with E-state index in [2.05, 4.69) is 15.5 Å². The number of carboxylic acid groups (broad SMARTS) is 1. The molecule has 4 aromatic rings. The Balaban J connectivity index is 1.41. The Bertz CT molecular complexity index is 1650. The molecule has 10 heteroatoms. The highest BCUT2D eigenvalue weighted by atomic mass is 16.5. The Kier molecular flexibility index (Phi) is 5.83. The molecular weight excluding hydrogens is 498 g/mol. The van der Waals surface area contributed by atoms with Crippen LogP contribution in [0.25, 0.3) is 10.9 Å². The van der Waals surface area contributed by atoms with E-state index < -0.39 is 11.6 Å². The number of hydrogen-bond donors (Lipinski definition) is 2. The van der Waals surface area contributed by atoms with Crippen LogP contribution in [0.4, 0.5) is 5.69 Å². The SMILES string of the molecule is Cc1cc([C@@H](C)Nc2ccccc2C(=O)O)c2nc(C34CCC(c5nc(C)no5)(CC3)CO4)n(C)c(=O)c2c1. The van der Waals surface area contributed by atoms with Crippen molar-refractivity contribution in [2.24, 2.45) is 7.05 Å². The summed E-state index contributed by atoms with van der Waals surface area (Å²) >= 11 is 0. The van der Waals surface area contributed by atoms with Gasteiger partial charge in [0.2, 0.25) is 5.89 Å². The van der Waals surface area contributed by atoms with Crippen LogP contribution in [0.3, 0.4) is 0 Å². The van der Waals surface area contributed by atoms with Crippen molar-refractivity contribution in [2.75, 3.05) is 11.9 Å². The van der Waals surface area contributed by atoms with Crippen molar-refractivity contribution in [3.05, 3.63) is 81.0 Å². The number of carboxylic acids is 1. The predicted octanol–water partition coefficient (Wildman–Crippen LogP) is 4.54. The van der Waals surface area contributed by atoms with Crippen molar-refractivity contribution in [2.45, 2.75) is 63.5 Å². The molecule has 2 saturated heterocycles. The molecule has 39 heavy (non-hydrogen) atoms. The van der Waals surface area contributed by atoms with Crippen molar-refractivity contribution >= 4 is 22.6 Å². The molecule has 10 nitrogen and oxygen atoms in total. The average molecular weight is 530 g/mol.